The molecule has 3 aromatic rings. The molecule has 7 heteroatoms. The third kappa shape index (κ3) is 5.85. The number of oxazole rings is 1. The van der Waals surface area contributed by atoms with Crippen LogP contribution >= 0.6 is 0 Å². The molecule has 1 aliphatic rings. The average molecular weight is 466 g/mol. The predicted molar refractivity (Wildman–Crippen MR) is 127 cm³/mol. The normalized spacial score (nSPS) is 18.0. The van der Waals surface area contributed by atoms with Crippen molar-refractivity contribution in [2.45, 2.75) is 58.0 Å². The minimum atomic E-state index is -0.331. The fourth-order valence-electron chi connectivity index (χ4n) is 4.32. The third-order valence-corrected chi connectivity index (χ3v) is 6.14. The Morgan fingerprint density at radius 3 is 2.59 bits per heavy atom. The molecule has 1 fully saturated rings. The molecule has 0 unspecified atom stereocenters. The van der Waals surface area contributed by atoms with Gasteiger partial charge in [0, 0.05) is 5.56 Å². The van der Waals surface area contributed by atoms with Gasteiger partial charge in [-0.15, -0.1) is 0 Å². The van der Waals surface area contributed by atoms with Crippen LogP contribution < -0.4 is 4.74 Å². The molecule has 1 saturated carbocycles. The van der Waals surface area contributed by atoms with E-state index in [0.29, 0.717) is 24.7 Å². The Bertz CT molecular complexity index is 1110. The van der Waals surface area contributed by atoms with Crippen molar-refractivity contribution in [1.29, 1.82) is 0 Å². The maximum Gasteiger partial charge on any atom is 0.338 e. The number of aryl methyl sites for hydroxylation is 1. The molecule has 1 aromatic heterocycles. The number of carbonyl (C=O) groups is 1. The van der Waals surface area contributed by atoms with Gasteiger partial charge in [-0.2, -0.15) is 0 Å². The van der Waals surface area contributed by atoms with Gasteiger partial charge in [-0.3, -0.25) is 0 Å². The van der Waals surface area contributed by atoms with E-state index in [1.165, 1.54) is 7.11 Å². The summed E-state index contributed by atoms with van der Waals surface area (Å²) >= 11 is 0. The minimum absolute atomic E-state index is 0.0782. The van der Waals surface area contributed by atoms with E-state index in [1.807, 2.05) is 49.4 Å². The number of hydrogen-bond donors (Lipinski definition) is 0. The van der Waals surface area contributed by atoms with E-state index < -0.39 is 0 Å². The monoisotopic (exact) mass is 465 g/mol. The van der Waals surface area contributed by atoms with Crippen LogP contribution in [0.5, 0.6) is 5.75 Å². The quantitative estimate of drug-likeness (QED) is 0.387. The topological polar surface area (TPSA) is 80.0 Å². The van der Waals surface area contributed by atoms with Crippen LogP contribution in [0.4, 0.5) is 0 Å². The van der Waals surface area contributed by atoms with Crippen LogP contribution in [0, 0.1) is 6.92 Å². The zero-order chi connectivity index (χ0) is 23.9. The lowest BCUT2D eigenvalue weighted by Crippen LogP contribution is -2.28. The summed E-state index contributed by atoms with van der Waals surface area (Å²) < 4.78 is 28.2. The summed E-state index contributed by atoms with van der Waals surface area (Å²) in [5.41, 5.74) is 3.94. The van der Waals surface area contributed by atoms with Crippen molar-refractivity contribution in [2.75, 3.05) is 14.2 Å². The molecule has 0 amide bonds. The minimum Gasteiger partial charge on any atom is -0.497 e. The van der Waals surface area contributed by atoms with Crippen molar-refractivity contribution >= 4 is 5.97 Å². The summed E-state index contributed by atoms with van der Waals surface area (Å²) in [6.45, 7) is 2.66. The molecular weight excluding hydrogens is 434 g/mol. The molecule has 1 heterocycles. The summed E-state index contributed by atoms with van der Waals surface area (Å²) in [6.07, 6.45) is 5.60. The molecular formula is C27H31NO6. The van der Waals surface area contributed by atoms with Gasteiger partial charge < -0.3 is 23.4 Å². The zero-order valence-electron chi connectivity index (χ0n) is 19.9. The summed E-state index contributed by atoms with van der Waals surface area (Å²) in [5, 5.41) is 0. The van der Waals surface area contributed by atoms with Crippen LogP contribution in [0.1, 0.15) is 52.9 Å². The molecule has 0 saturated heterocycles. The lowest BCUT2D eigenvalue weighted by Gasteiger charge is -2.29. The first kappa shape index (κ1) is 24.0. The molecule has 2 atom stereocenters. The van der Waals surface area contributed by atoms with Crippen molar-refractivity contribution in [3.05, 3.63) is 71.1 Å². The fourth-order valence-corrected chi connectivity index (χ4v) is 4.32. The standard InChI is InChI=1S/C27H31NO6/c1-18-7-4-9-20(25(18)27(29)31-3)15-32-23-11-6-12-24(14-23)33-16-21-17-34-26(28-21)19-8-5-10-22(13-19)30-2/h4-5,7-10,13,17,23-24H,6,11-12,14-16H2,1-3H3/t23-,24+/m1/s1. The van der Waals surface area contributed by atoms with Crippen LogP contribution in [0.2, 0.25) is 0 Å². The Labute approximate surface area is 200 Å². The van der Waals surface area contributed by atoms with Crippen LogP contribution in [-0.2, 0) is 27.4 Å². The summed E-state index contributed by atoms with van der Waals surface area (Å²) in [5.74, 6) is 0.968. The molecule has 7 nitrogen and oxygen atoms in total. The Kier molecular flexibility index (Phi) is 7.98. The summed E-state index contributed by atoms with van der Waals surface area (Å²) in [4.78, 5) is 16.7. The number of nitrogens with zero attached hydrogens (tertiary/aromatic N) is 1. The first-order chi connectivity index (χ1) is 16.6. The largest absolute Gasteiger partial charge is 0.497 e. The van der Waals surface area contributed by atoms with E-state index in [1.54, 1.807) is 13.4 Å². The smallest absolute Gasteiger partial charge is 0.338 e. The van der Waals surface area contributed by atoms with E-state index in [4.69, 9.17) is 23.4 Å². The molecule has 34 heavy (non-hydrogen) atoms. The van der Waals surface area contributed by atoms with Gasteiger partial charge in [0.05, 0.1) is 45.2 Å². The number of benzene rings is 2. The lowest BCUT2D eigenvalue weighted by atomic mass is 9.94. The van der Waals surface area contributed by atoms with Crippen LogP contribution in [0.15, 0.2) is 53.1 Å². The van der Waals surface area contributed by atoms with Crippen LogP contribution in [-0.4, -0.2) is 37.4 Å². The Hall–Kier alpha value is -3.16. The second-order valence-corrected chi connectivity index (χ2v) is 8.51. The van der Waals surface area contributed by atoms with Gasteiger partial charge in [-0.1, -0.05) is 24.3 Å². The maximum absolute atomic E-state index is 12.2. The van der Waals surface area contributed by atoms with Crippen molar-refractivity contribution in [3.63, 3.8) is 0 Å². The Morgan fingerprint density at radius 1 is 1.06 bits per heavy atom. The molecule has 0 radical (unpaired) electrons. The predicted octanol–water partition coefficient (Wildman–Crippen LogP) is 5.49. The van der Waals surface area contributed by atoms with Gasteiger partial charge in [0.1, 0.15) is 17.7 Å². The number of aromatic nitrogens is 1. The van der Waals surface area contributed by atoms with Crippen molar-refractivity contribution in [1.82, 2.24) is 4.98 Å². The number of ether oxygens (including phenoxy) is 4. The molecule has 0 bridgehead atoms. The van der Waals surface area contributed by atoms with Crippen molar-refractivity contribution in [3.8, 4) is 17.2 Å². The van der Waals surface area contributed by atoms with Crippen LogP contribution in [0.25, 0.3) is 11.5 Å². The highest BCUT2D eigenvalue weighted by Crippen LogP contribution is 2.27. The third-order valence-electron chi connectivity index (χ3n) is 6.14. The first-order valence-electron chi connectivity index (χ1n) is 11.6. The van der Waals surface area contributed by atoms with Gasteiger partial charge in [0.15, 0.2) is 0 Å². The SMILES string of the molecule is COC(=O)c1c(C)cccc1CO[C@@H]1CCC[C@H](OCc2coc(-c3cccc(OC)c3)n2)C1. The fraction of sp³-hybridized carbons (Fsp3) is 0.407. The lowest BCUT2D eigenvalue weighted by molar-refractivity contribution is -0.0563. The van der Waals surface area contributed by atoms with E-state index in [9.17, 15) is 4.79 Å². The highest BCUT2D eigenvalue weighted by molar-refractivity contribution is 5.92. The first-order valence-corrected chi connectivity index (χ1v) is 11.6. The summed E-state index contributed by atoms with van der Waals surface area (Å²) in [6, 6.07) is 13.4. The van der Waals surface area contributed by atoms with Gasteiger partial charge in [0.25, 0.3) is 0 Å². The Balaban J connectivity index is 1.30. The number of carbonyl (C=O) groups excluding carboxylic acids is 1. The van der Waals surface area contributed by atoms with E-state index in [0.717, 1.165) is 53.8 Å². The molecule has 1 aliphatic carbocycles. The van der Waals surface area contributed by atoms with E-state index in [2.05, 4.69) is 4.98 Å². The van der Waals surface area contributed by atoms with Gasteiger partial charge in [0.2, 0.25) is 5.89 Å². The number of methoxy groups -OCH3 is 2. The number of esters is 1. The molecule has 0 spiro atoms. The second kappa shape index (κ2) is 11.3. The van der Waals surface area contributed by atoms with Crippen molar-refractivity contribution in [2.24, 2.45) is 0 Å². The van der Waals surface area contributed by atoms with E-state index >= 15 is 0 Å². The van der Waals surface area contributed by atoms with E-state index in [-0.39, 0.29) is 18.2 Å². The zero-order valence-corrected chi connectivity index (χ0v) is 19.9. The van der Waals surface area contributed by atoms with Gasteiger partial charge >= 0.3 is 5.97 Å². The molecule has 4 rings (SSSR count). The number of rotatable bonds is 9. The Morgan fingerprint density at radius 2 is 1.82 bits per heavy atom. The average Bonchev–Trinajstić information content (AvgIpc) is 3.35. The van der Waals surface area contributed by atoms with Gasteiger partial charge in [-0.25, -0.2) is 9.78 Å². The highest BCUT2D eigenvalue weighted by Gasteiger charge is 2.24. The maximum atomic E-state index is 12.2. The second-order valence-electron chi connectivity index (χ2n) is 8.51. The molecule has 180 valence electrons. The summed E-state index contributed by atoms with van der Waals surface area (Å²) in [7, 11) is 3.03. The molecule has 0 N–H and O–H groups in total. The highest BCUT2D eigenvalue weighted by atomic mass is 16.5. The van der Waals surface area contributed by atoms with Gasteiger partial charge in [-0.05, 0) is 61.9 Å². The number of hydrogen-bond acceptors (Lipinski definition) is 7. The molecule has 0 aliphatic heterocycles. The van der Waals surface area contributed by atoms with Crippen LogP contribution in [0.3, 0.4) is 0 Å². The van der Waals surface area contributed by atoms with Crippen molar-refractivity contribution < 1.29 is 28.2 Å². The molecule has 2 aromatic carbocycles.